The zero-order valence-corrected chi connectivity index (χ0v) is 16.9. The minimum Gasteiger partial charge on any atom is -0.482 e. The molecule has 1 N–H and O–H groups in total. The van der Waals surface area contributed by atoms with E-state index < -0.39 is 18.0 Å². The maximum atomic E-state index is 12.4. The van der Waals surface area contributed by atoms with Crippen molar-refractivity contribution in [2.75, 3.05) is 11.9 Å². The summed E-state index contributed by atoms with van der Waals surface area (Å²) in [5, 5.41) is 4.70. The van der Waals surface area contributed by atoms with Crippen molar-refractivity contribution in [1.82, 2.24) is 0 Å². The number of amides is 1. The van der Waals surface area contributed by atoms with Crippen molar-refractivity contribution in [3.8, 4) is 5.75 Å². The van der Waals surface area contributed by atoms with E-state index in [-0.39, 0.29) is 12.4 Å². The number of carbonyl (C=O) groups excluding carboxylic acids is 3. The first-order valence-corrected chi connectivity index (χ1v) is 9.72. The first-order valence-electron chi connectivity index (χ1n) is 9.72. The number of nitrogens with one attached hydrogen (secondary N) is 1. The molecule has 0 aliphatic heterocycles. The Hall–Kier alpha value is -3.67. The van der Waals surface area contributed by atoms with Crippen LogP contribution in [0, 0.1) is 0 Å². The number of hydrogen-bond acceptors (Lipinski definition) is 5. The summed E-state index contributed by atoms with van der Waals surface area (Å²) >= 11 is 0. The van der Waals surface area contributed by atoms with Crippen LogP contribution in [0.4, 0.5) is 5.69 Å². The topological polar surface area (TPSA) is 81.7 Å². The summed E-state index contributed by atoms with van der Waals surface area (Å²) in [5.41, 5.74) is 1.24. The summed E-state index contributed by atoms with van der Waals surface area (Å²) in [5.74, 6) is -0.620. The summed E-state index contributed by atoms with van der Waals surface area (Å²) in [7, 11) is 0. The molecule has 6 nitrogen and oxygen atoms in total. The highest BCUT2D eigenvalue weighted by atomic mass is 16.6. The highest BCUT2D eigenvalue weighted by molar-refractivity contribution is 6.03. The minimum absolute atomic E-state index is 0.0343. The number of fused-ring (bicyclic) bond motifs is 1. The highest BCUT2D eigenvalue weighted by Gasteiger charge is 2.19. The first kappa shape index (κ1) is 21.0. The predicted octanol–water partition coefficient (Wildman–Crippen LogP) is 4.38. The SMILES string of the molecule is CCC(=O)c1ccc(OCC(=O)O[C@@H](C)C(=O)Nc2cccc3ccccc23)cc1. The number of rotatable bonds is 8. The molecular weight excluding hydrogens is 382 g/mol. The Bertz CT molecular complexity index is 1050. The molecule has 0 fully saturated rings. The van der Waals surface area contributed by atoms with Crippen molar-refractivity contribution in [3.63, 3.8) is 0 Å². The molecular formula is C24H23NO5. The largest absolute Gasteiger partial charge is 0.482 e. The Morgan fingerprint density at radius 1 is 0.933 bits per heavy atom. The van der Waals surface area contributed by atoms with Gasteiger partial charge >= 0.3 is 5.97 Å². The van der Waals surface area contributed by atoms with Gasteiger partial charge in [0.2, 0.25) is 0 Å². The second-order valence-electron chi connectivity index (χ2n) is 6.74. The second kappa shape index (κ2) is 9.69. The van der Waals surface area contributed by atoms with Gasteiger partial charge in [-0.1, -0.05) is 43.3 Å². The summed E-state index contributed by atoms with van der Waals surface area (Å²) in [6.45, 7) is 2.96. The van der Waals surface area contributed by atoms with Gasteiger partial charge in [0.15, 0.2) is 18.5 Å². The van der Waals surface area contributed by atoms with Crippen LogP contribution in [-0.2, 0) is 14.3 Å². The van der Waals surface area contributed by atoms with Gasteiger partial charge in [-0.05, 0) is 42.6 Å². The average molecular weight is 405 g/mol. The zero-order chi connectivity index (χ0) is 21.5. The number of Topliss-reactive ketones (excluding diaryl/α,β-unsaturated/α-hetero) is 1. The van der Waals surface area contributed by atoms with Gasteiger partial charge in [-0.25, -0.2) is 4.79 Å². The van der Waals surface area contributed by atoms with Gasteiger partial charge in [-0.15, -0.1) is 0 Å². The number of esters is 1. The molecule has 1 atom stereocenters. The van der Waals surface area contributed by atoms with E-state index in [4.69, 9.17) is 9.47 Å². The number of ketones is 1. The molecule has 6 heteroatoms. The minimum atomic E-state index is -0.982. The maximum absolute atomic E-state index is 12.4. The van der Waals surface area contributed by atoms with Crippen LogP contribution < -0.4 is 10.1 Å². The summed E-state index contributed by atoms with van der Waals surface area (Å²) < 4.78 is 10.5. The summed E-state index contributed by atoms with van der Waals surface area (Å²) in [6.07, 6.45) is -0.560. The molecule has 3 aromatic rings. The standard InChI is InChI=1S/C24H23NO5/c1-3-22(26)18-11-13-19(14-12-18)29-15-23(27)30-16(2)24(28)25-21-10-6-8-17-7-4-5-9-20(17)21/h4-14,16H,3,15H2,1-2H3,(H,25,28)/t16-/m0/s1. The van der Waals surface area contributed by atoms with Crippen LogP contribution in [0.25, 0.3) is 10.8 Å². The predicted molar refractivity (Wildman–Crippen MR) is 115 cm³/mol. The monoisotopic (exact) mass is 405 g/mol. The van der Waals surface area contributed by atoms with Crippen molar-refractivity contribution in [2.24, 2.45) is 0 Å². The smallest absolute Gasteiger partial charge is 0.344 e. The molecule has 0 bridgehead atoms. The fraction of sp³-hybridized carbons (Fsp3) is 0.208. The van der Waals surface area contributed by atoms with Gasteiger partial charge < -0.3 is 14.8 Å². The van der Waals surface area contributed by atoms with Crippen LogP contribution >= 0.6 is 0 Å². The molecule has 0 aliphatic carbocycles. The molecule has 0 aliphatic rings. The fourth-order valence-corrected chi connectivity index (χ4v) is 2.94. The Balaban J connectivity index is 1.52. The molecule has 3 aromatic carbocycles. The van der Waals surface area contributed by atoms with E-state index in [2.05, 4.69) is 5.32 Å². The number of benzene rings is 3. The van der Waals surface area contributed by atoms with E-state index in [1.165, 1.54) is 6.92 Å². The molecule has 0 radical (unpaired) electrons. The highest BCUT2D eigenvalue weighted by Crippen LogP contribution is 2.23. The van der Waals surface area contributed by atoms with Gasteiger partial charge in [0, 0.05) is 23.1 Å². The second-order valence-corrected chi connectivity index (χ2v) is 6.74. The molecule has 30 heavy (non-hydrogen) atoms. The molecule has 0 saturated heterocycles. The first-order chi connectivity index (χ1) is 14.5. The molecule has 0 saturated carbocycles. The Morgan fingerprint density at radius 2 is 1.63 bits per heavy atom. The number of carbonyl (C=O) groups is 3. The fourth-order valence-electron chi connectivity index (χ4n) is 2.94. The van der Waals surface area contributed by atoms with Crippen LogP contribution in [0.2, 0.25) is 0 Å². The Labute approximate surface area is 174 Å². The molecule has 1 amide bonds. The Morgan fingerprint density at radius 3 is 2.37 bits per heavy atom. The van der Waals surface area contributed by atoms with Gasteiger partial charge in [-0.2, -0.15) is 0 Å². The third-order valence-electron chi connectivity index (χ3n) is 4.58. The quantitative estimate of drug-likeness (QED) is 0.444. The third kappa shape index (κ3) is 5.23. The Kier molecular flexibility index (Phi) is 6.80. The average Bonchev–Trinajstić information content (AvgIpc) is 2.77. The lowest BCUT2D eigenvalue weighted by Gasteiger charge is -2.15. The van der Waals surface area contributed by atoms with Crippen molar-refractivity contribution < 1.29 is 23.9 Å². The van der Waals surface area contributed by atoms with Gasteiger partial charge in [0.05, 0.1) is 0 Å². The van der Waals surface area contributed by atoms with Crippen molar-refractivity contribution in [1.29, 1.82) is 0 Å². The van der Waals surface area contributed by atoms with Gasteiger partial charge in [0.25, 0.3) is 5.91 Å². The van der Waals surface area contributed by atoms with Gasteiger partial charge in [0.1, 0.15) is 5.75 Å². The van der Waals surface area contributed by atoms with E-state index >= 15 is 0 Å². The number of anilines is 1. The third-order valence-corrected chi connectivity index (χ3v) is 4.58. The lowest BCUT2D eigenvalue weighted by molar-refractivity contribution is -0.155. The van der Waals surface area contributed by atoms with Crippen molar-refractivity contribution in [2.45, 2.75) is 26.4 Å². The number of hydrogen-bond donors (Lipinski definition) is 1. The summed E-state index contributed by atoms with van der Waals surface area (Å²) in [6, 6.07) is 19.8. The summed E-state index contributed by atoms with van der Waals surface area (Å²) in [4.78, 5) is 36.1. The molecule has 0 heterocycles. The van der Waals surface area contributed by atoms with Crippen LogP contribution in [0.15, 0.2) is 66.7 Å². The maximum Gasteiger partial charge on any atom is 0.344 e. The van der Waals surface area contributed by atoms with Gasteiger partial charge in [-0.3, -0.25) is 9.59 Å². The normalized spacial score (nSPS) is 11.5. The zero-order valence-electron chi connectivity index (χ0n) is 16.9. The van der Waals surface area contributed by atoms with E-state index in [1.54, 1.807) is 37.3 Å². The van der Waals surface area contributed by atoms with Crippen LogP contribution in [0.5, 0.6) is 5.75 Å². The number of ether oxygens (including phenoxy) is 2. The van der Waals surface area contributed by atoms with Crippen molar-refractivity contribution in [3.05, 3.63) is 72.3 Å². The molecule has 0 aromatic heterocycles. The molecule has 0 spiro atoms. The van der Waals surface area contributed by atoms with E-state index in [9.17, 15) is 14.4 Å². The molecule has 0 unspecified atom stereocenters. The van der Waals surface area contributed by atoms with Crippen LogP contribution in [0.3, 0.4) is 0 Å². The van der Waals surface area contributed by atoms with E-state index in [0.717, 1.165) is 10.8 Å². The van der Waals surface area contributed by atoms with Crippen LogP contribution in [0.1, 0.15) is 30.6 Å². The van der Waals surface area contributed by atoms with Crippen molar-refractivity contribution >= 4 is 34.1 Å². The lowest BCUT2D eigenvalue weighted by Crippen LogP contribution is -2.31. The lowest BCUT2D eigenvalue weighted by atomic mass is 10.1. The molecule has 3 rings (SSSR count). The molecule has 154 valence electrons. The van der Waals surface area contributed by atoms with E-state index in [0.29, 0.717) is 23.4 Å². The van der Waals surface area contributed by atoms with E-state index in [1.807, 2.05) is 36.4 Å². The van der Waals surface area contributed by atoms with Crippen LogP contribution in [-0.4, -0.2) is 30.4 Å².